The van der Waals surface area contributed by atoms with Crippen LogP contribution >= 0.6 is 0 Å². The van der Waals surface area contributed by atoms with Crippen molar-refractivity contribution in [1.82, 2.24) is 20.4 Å². The number of amides is 4. The zero-order valence-corrected chi connectivity index (χ0v) is 46.1. The Bertz CT molecular complexity index is 1220. The molecule has 0 spiro atoms. The Morgan fingerprint density at radius 2 is 0.686 bits per heavy atom. The molecule has 0 heterocycles. The Hall–Kier alpha value is -2.54. The van der Waals surface area contributed by atoms with Crippen molar-refractivity contribution in [2.75, 3.05) is 52.4 Å². The van der Waals surface area contributed by atoms with Crippen molar-refractivity contribution in [3.8, 4) is 0 Å². The van der Waals surface area contributed by atoms with Crippen LogP contribution in [0.25, 0.3) is 0 Å². The summed E-state index contributed by atoms with van der Waals surface area (Å²) in [6.07, 6.45) is 48.4. The lowest BCUT2D eigenvalue weighted by atomic mass is 10.0. The Labute approximate surface area is 431 Å². The van der Waals surface area contributed by atoms with E-state index in [-0.39, 0.29) is 23.6 Å². The van der Waals surface area contributed by atoms with Gasteiger partial charge in [-0.05, 0) is 103 Å². The van der Waals surface area contributed by atoms with Crippen molar-refractivity contribution in [1.29, 1.82) is 0 Å². The fourth-order valence-electron chi connectivity index (χ4n) is 9.19. The minimum atomic E-state index is -0.596. The Morgan fingerprint density at radius 1 is 0.386 bits per heavy atom. The van der Waals surface area contributed by atoms with Gasteiger partial charge in [-0.15, -0.1) is 0 Å². The normalized spacial score (nSPS) is 12.4. The van der Waals surface area contributed by atoms with E-state index in [0.29, 0.717) is 104 Å². The highest BCUT2D eigenvalue weighted by molar-refractivity contribution is 5.82. The molecule has 0 bridgehead atoms. The lowest BCUT2D eigenvalue weighted by molar-refractivity contribution is -0.134. The number of carbonyl (C=O) groups excluding carboxylic acids is 4. The monoisotopic (exact) mass is 989 g/mol. The number of hydrogen-bond donors (Lipinski definition) is 6. The number of nitrogens with one attached hydrogen (secondary N) is 2. The number of unbranched alkanes of at least 4 members (excludes halogenated alkanes) is 28. The number of nitrogens with two attached hydrogens (primary N) is 4. The number of hydrogen-bond acceptors (Lipinski definition) is 8. The summed E-state index contributed by atoms with van der Waals surface area (Å²) in [6, 6.07) is -1.19. The number of rotatable bonds is 54. The van der Waals surface area contributed by atoms with Crippen LogP contribution in [0.15, 0.2) is 12.2 Å². The quantitative estimate of drug-likeness (QED) is 0.0255. The topological polar surface area (TPSA) is 203 Å². The minimum Gasteiger partial charge on any atom is -0.356 e. The van der Waals surface area contributed by atoms with Gasteiger partial charge in [0.1, 0.15) is 0 Å². The molecule has 0 unspecified atom stereocenters. The molecule has 0 aromatic heterocycles. The van der Waals surface area contributed by atoms with Gasteiger partial charge in [-0.2, -0.15) is 0 Å². The van der Waals surface area contributed by atoms with Crippen LogP contribution in [-0.2, 0) is 19.2 Å². The van der Waals surface area contributed by atoms with Crippen molar-refractivity contribution >= 4 is 23.6 Å². The van der Waals surface area contributed by atoms with Crippen molar-refractivity contribution in [3.05, 3.63) is 12.2 Å². The van der Waals surface area contributed by atoms with Gasteiger partial charge in [-0.3, -0.25) is 19.2 Å². The van der Waals surface area contributed by atoms with E-state index >= 15 is 0 Å². The third-order valence-corrected chi connectivity index (χ3v) is 13.8. The van der Waals surface area contributed by atoms with Gasteiger partial charge in [0.15, 0.2) is 0 Å². The smallest absolute Gasteiger partial charge is 0.239 e. The second kappa shape index (κ2) is 52.8. The van der Waals surface area contributed by atoms with E-state index in [1.54, 1.807) is 0 Å². The molecule has 12 heteroatoms. The van der Waals surface area contributed by atoms with Crippen LogP contribution in [0.2, 0.25) is 0 Å². The predicted octanol–water partition coefficient (Wildman–Crippen LogP) is 11.6. The van der Waals surface area contributed by atoms with Crippen LogP contribution in [0.4, 0.5) is 0 Å². The van der Waals surface area contributed by atoms with Crippen LogP contribution in [0.5, 0.6) is 0 Å². The van der Waals surface area contributed by atoms with Gasteiger partial charge in [0.05, 0.1) is 12.1 Å². The van der Waals surface area contributed by atoms with E-state index in [1.165, 1.54) is 141 Å². The van der Waals surface area contributed by atoms with Crippen LogP contribution in [0, 0.1) is 0 Å². The standard InChI is InChI=1S/C58H116N8O4/c1-3-5-7-9-11-13-15-17-19-21-23-25-27-29-31-43-55(67)63-47-39-51-65(57(69)53(61)41-33-35-45-59)49-37-38-50-66(58(70)54(62)42-34-36-46-60)52-40-48-64-56(68)44-32-30-28-26-24-22-20-18-16-14-12-10-8-6-4-2/h17,19,53-54H,3-16,18,20-52,59-62H2,1-2H3,(H,63,67)(H,64,68)/t53-,54-/m0/s1. The molecule has 0 aliphatic heterocycles. The molecule has 0 aliphatic carbocycles. The molecule has 0 saturated carbocycles. The summed E-state index contributed by atoms with van der Waals surface area (Å²) in [4.78, 5) is 56.1. The summed E-state index contributed by atoms with van der Waals surface area (Å²) in [5, 5.41) is 6.13. The highest BCUT2D eigenvalue weighted by Gasteiger charge is 2.23. The summed E-state index contributed by atoms with van der Waals surface area (Å²) in [7, 11) is 0. The summed E-state index contributed by atoms with van der Waals surface area (Å²) in [6.45, 7) is 8.75. The van der Waals surface area contributed by atoms with Crippen LogP contribution in [-0.4, -0.2) is 97.9 Å². The molecule has 412 valence electrons. The molecule has 0 saturated heterocycles. The molecular formula is C58H116N8O4. The molecule has 2 atom stereocenters. The van der Waals surface area contributed by atoms with Gasteiger partial charge in [0.2, 0.25) is 23.6 Å². The molecule has 70 heavy (non-hydrogen) atoms. The van der Waals surface area contributed by atoms with Crippen molar-refractivity contribution in [2.24, 2.45) is 22.9 Å². The maximum Gasteiger partial charge on any atom is 0.239 e. The van der Waals surface area contributed by atoms with Crippen molar-refractivity contribution < 1.29 is 19.2 Å². The maximum absolute atomic E-state index is 13.6. The van der Waals surface area contributed by atoms with Gasteiger partial charge in [0.25, 0.3) is 0 Å². The van der Waals surface area contributed by atoms with E-state index in [0.717, 1.165) is 64.2 Å². The van der Waals surface area contributed by atoms with Crippen LogP contribution < -0.4 is 33.6 Å². The van der Waals surface area contributed by atoms with E-state index in [9.17, 15) is 19.2 Å². The molecule has 0 aliphatic rings. The van der Waals surface area contributed by atoms with Crippen LogP contribution in [0.3, 0.4) is 0 Å². The fourth-order valence-corrected chi connectivity index (χ4v) is 9.19. The summed E-state index contributed by atoms with van der Waals surface area (Å²) in [5.41, 5.74) is 24.2. The van der Waals surface area contributed by atoms with E-state index < -0.39 is 12.1 Å². The molecule has 0 rings (SSSR count). The molecular weight excluding hydrogens is 873 g/mol. The van der Waals surface area contributed by atoms with Gasteiger partial charge in [0, 0.05) is 52.1 Å². The summed E-state index contributed by atoms with van der Waals surface area (Å²) >= 11 is 0. The fraction of sp³-hybridized carbons (Fsp3) is 0.897. The highest BCUT2D eigenvalue weighted by Crippen LogP contribution is 2.15. The van der Waals surface area contributed by atoms with E-state index in [4.69, 9.17) is 22.9 Å². The van der Waals surface area contributed by atoms with Gasteiger partial charge in [-0.25, -0.2) is 0 Å². The minimum absolute atomic E-state index is 0.0692. The Balaban J connectivity index is 4.71. The van der Waals surface area contributed by atoms with Crippen molar-refractivity contribution in [2.45, 2.75) is 283 Å². The first kappa shape index (κ1) is 67.5. The highest BCUT2D eigenvalue weighted by atomic mass is 16.2. The Morgan fingerprint density at radius 3 is 1.01 bits per heavy atom. The molecule has 0 aromatic rings. The zero-order valence-electron chi connectivity index (χ0n) is 46.1. The summed E-state index contributed by atoms with van der Waals surface area (Å²) < 4.78 is 0. The first-order chi connectivity index (χ1) is 34.2. The first-order valence-electron chi connectivity index (χ1n) is 29.9. The maximum atomic E-state index is 13.6. The van der Waals surface area contributed by atoms with Crippen LogP contribution in [0.1, 0.15) is 271 Å². The lowest BCUT2D eigenvalue weighted by Gasteiger charge is -2.28. The number of carbonyl (C=O) groups is 4. The molecule has 12 nitrogen and oxygen atoms in total. The van der Waals surface area contributed by atoms with E-state index in [1.807, 2.05) is 9.80 Å². The lowest BCUT2D eigenvalue weighted by Crippen LogP contribution is -2.46. The largest absolute Gasteiger partial charge is 0.356 e. The average molecular weight is 990 g/mol. The second-order valence-electron chi connectivity index (χ2n) is 20.6. The second-order valence-corrected chi connectivity index (χ2v) is 20.6. The predicted molar refractivity (Wildman–Crippen MR) is 298 cm³/mol. The van der Waals surface area contributed by atoms with E-state index in [2.05, 4.69) is 36.6 Å². The molecule has 0 aromatic carbocycles. The van der Waals surface area contributed by atoms with Gasteiger partial charge in [-0.1, -0.05) is 180 Å². The molecule has 0 radical (unpaired) electrons. The SMILES string of the molecule is CCCCCCCCC=CCCCCCCCC(=O)NCCCN(CCCCN(CCCNC(=O)CCCCCCCCCCCCCCCCC)C(=O)[C@@H](N)CCCCN)C(=O)[C@@H](N)CCCCN. The molecule has 4 amide bonds. The average Bonchev–Trinajstić information content (AvgIpc) is 3.35. The molecule has 0 fully saturated rings. The first-order valence-corrected chi connectivity index (χ1v) is 29.9. The number of allylic oxidation sites excluding steroid dienone is 2. The third kappa shape index (κ3) is 44.2. The zero-order chi connectivity index (χ0) is 51.4. The van der Waals surface area contributed by atoms with Crippen molar-refractivity contribution in [3.63, 3.8) is 0 Å². The number of nitrogens with zero attached hydrogens (tertiary/aromatic N) is 2. The summed E-state index contributed by atoms with van der Waals surface area (Å²) in [5.74, 6) is -0.00471. The van der Waals surface area contributed by atoms with Gasteiger partial charge < -0.3 is 43.4 Å². The Kier molecular flexibility index (Phi) is 50.9. The molecule has 10 N–H and O–H groups in total. The third-order valence-electron chi connectivity index (χ3n) is 13.8. The van der Waals surface area contributed by atoms with Gasteiger partial charge >= 0.3 is 0 Å².